The second-order valence-electron chi connectivity index (χ2n) is 11.5. The third-order valence-corrected chi connectivity index (χ3v) is 8.46. The highest BCUT2D eigenvalue weighted by molar-refractivity contribution is 7.92. The van der Waals surface area contributed by atoms with E-state index in [1.165, 1.54) is 13.3 Å². The summed E-state index contributed by atoms with van der Waals surface area (Å²) >= 11 is 0. The van der Waals surface area contributed by atoms with Crippen molar-refractivity contribution < 1.29 is 36.9 Å². The molecule has 14 nitrogen and oxygen atoms in total. The first-order valence-corrected chi connectivity index (χ1v) is 16.7. The minimum Gasteiger partial charge on any atom is -0.493 e. The Kier molecular flexibility index (Phi) is 10.8. The molecule has 0 atom stereocenters. The van der Waals surface area contributed by atoms with Crippen molar-refractivity contribution in [1.29, 1.82) is 0 Å². The summed E-state index contributed by atoms with van der Waals surface area (Å²) in [6.45, 7) is 7.25. The van der Waals surface area contributed by atoms with E-state index in [0.29, 0.717) is 43.4 Å². The highest BCUT2D eigenvalue weighted by atomic mass is 32.2. The number of rotatable bonds is 12. The largest absolute Gasteiger partial charge is 0.493 e. The molecule has 1 fully saturated rings. The highest BCUT2D eigenvalue weighted by Crippen LogP contribution is 2.42. The van der Waals surface area contributed by atoms with Gasteiger partial charge in [-0.1, -0.05) is 57.2 Å². The lowest BCUT2D eigenvalue weighted by atomic mass is 9.87. The summed E-state index contributed by atoms with van der Waals surface area (Å²) in [7, 11) is -2.74. The molecule has 15 heteroatoms. The molecule has 2 N–H and O–H groups in total. The van der Waals surface area contributed by atoms with Crippen LogP contribution in [0.15, 0.2) is 77.8 Å². The van der Waals surface area contributed by atoms with Crippen molar-refractivity contribution in [3.8, 4) is 23.1 Å². The Morgan fingerprint density at radius 3 is 2.35 bits per heavy atom. The normalized spacial score (nSPS) is 13.4. The molecule has 4 aromatic rings. The fourth-order valence-electron chi connectivity index (χ4n) is 4.75. The van der Waals surface area contributed by atoms with Crippen molar-refractivity contribution >= 4 is 33.7 Å². The molecule has 0 saturated carbocycles. The Morgan fingerprint density at radius 2 is 1.65 bits per heavy atom. The third-order valence-electron chi connectivity index (χ3n) is 7.06. The summed E-state index contributed by atoms with van der Waals surface area (Å²) < 4.78 is 59.3. The maximum atomic E-state index is 14.1. The number of ether oxygens (including phenoxy) is 5. The number of carbonyl (C=O) groups excluding carboxylic acids is 1. The fraction of sp³-hybridized carbons (Fsp3) is 0.333. The molecule has 5 rings (SSSR count). The fourth-order valence-corrected chi connectivity index (χ4v) is 6.17. The quantitative estimate of drug-likeness (QED) is 0.188. The summed E-state index contributed by atoms with van der Waals surface area (Å²) in [6.07, 6.45) is 0.807. The number of para-hydroxylation sites is 2. The molecular weight excluding hydrogens is 640 g/mol. The van der Waals surface area contributed by atoms with Crippen LogP contribution in [0.3, 0.4) is 0 Å². The smallest absolute Gasteiger partial charge is 0.412 e. The topological polar surface area (TPSA) is 163 Å². The van der Waals surface area contributed by atoms with Crippen LogP contribution in [-0.4, -0.2) is 76.1 Å². The second-order valence-corrected chi connectivity index (χ2v) is 13.2. The zero-order chi connectivity index (χ0) is 34.1. The van der Waals surface area contributed by atoms with E-state index < -0.39 is 21.5 Å². The van der Waals surface area contributed by atoms with Crippen molar-refractivity contribution in [3.05, 3.63) is 78.5 Å². The van der Waals surface area contributed by atoms with Crippen LogP contribution in [0.5, 0.6) is 23.1 Å². The van der Waals surface area contributed by atoms with E-state index in [2.05, 4.69) is 25.0 Å². The molecular formula is C33H38N6O8S. The Morgan fingerprint density at radius 1 is 0.938 bits per heavy atom. The van der Waals surface area contributed by atoms with Gasteiger partial charge in [0.05, 0.1) is 25.2 Å². The maximum absolute atomic E-state index is 14.1. The highest BCUT2D eigenvalue weighted by Gasteiger charge is 2.30. The number of nitrogens with one attached hydrogen (secondary N) is 2. The van der Waals surface area contributed by atoms with Gasteiger partial charge in [-0.05, 0) is 41.3 Å². The number of anilines is 3. The molecule has 0 radical (unpaired) electrons. The summed E-state index contributed by atoms with van der Waals surface area (Å²) in [5.74, 6) is 0.781. The van der Waals surface area contributed by atoms with Gasteiger partial charge in [-0.15, -0.1) is 0 Å². The molecule has 0 bridgehead atoms. The number of amides is 1. The van der Waals surface area contributed by atoms with Crippen LogP contribution < -0.4 is 29.1 Å². The van der Waals surface area contributed by atoms with Crippen molar-refractivity contribution in [3.63, 3.8) is 0 Å². The van der Waals surface area contributed by atoms with E-state index in [-0.39, 0.29) is 47.3 Å². The first kappa shape index (κ1) is 34.2. The van der Waals surface area contributed by atoms with Gasteiger partial charge in [-0.3, -0.25) is 10.0 Å². The monoisotopic (exact) mass is 678 g/mol. The number of methoxy groups -OCH3 is 1. The lowest BCUT2D eigenvalue weighted by molar-refractivity contribution is 0.121. The van der Waals surface area contributed by atoms with E-state index >= 15 is 0 Å². The van der Waals surface area contributed by atoms with Gasteiger partial charge in [0.25, 0.3) is 15.9 Å². The van der Waals surface area contributed by atoms with Gasteiger partial charge in [0.2, 0.25) is 11.7 Å². The number of hydrogen-bond donors (Lipinski definition) is 2. The van der Waals surface area contributed by atoms with Gasteiger partial charge in [0.15, 0.2) is 17.3 Å². The number of carbonyl (C=O) groups is 1. The number of morpholine rings is 1. The van der Waals surface area contributed by atoms with Gasteiger partial charge in [-0.25, -0.2) is 18.2 Å². The van der Waals surface area contributed by atoms with E-state index in [1.54, 1.807) is 66.7 Å². The second kappa shape index (κ2) is 15.2. The number of hydrogen-bond acceptors (Lipinski definition) is 12. The Hall–Kier alpha value is -5.15. The van der Waals surface area contributed by atoms with Crippen molar-refractivity contribution in [2.45, 2.75) is 31.1 Å². The molecule has 48 heavy (non-hydrogen) atoms. The van der Waals surface area contributed by atoms with Gasteiger partial charge in [0.1, 0.15) is 19.0 Å². The van der Waals surface area contributed by atoms with Crippen LogP contribution in [-0.2, 0) is 24.9 Å². The average Bonchev–Trinajstić information content (AvgIpc) is 3.08. The molecule has 0 spiro atoms. The van der Waals surface area contributed by atoms with E-state index in [0.717, 1.165) is 0 Å². The molecule has 3 heterocycles. The first-order valence-electron chi connectivity index (χ1n) is 15.2. The summed E-state index contributed by atoms with van der Waals surface area (Å²) in [6, 6.07) is 18.7. The van der Waals surface area contributed by atoms with Crippen molar-refractivity contribution in [2.24, 2.45) is 0 Å². The first-order chi connectivity index (χ1) is 23.0. The van der Waals surface area contributed by atoms with Crippen molar-refractivity contribution in [2.75, 3.05) is 61.6 Å². The lowest BCUT2D eigenvalue weighted by Gasteiger charge is -2.28. The summed E-state index contributed by atoms with van der Waals surface area (Å²) in [5.41, 5.74) is 0.133. The molecule has 2 aromatic carbocycles. The predicted molar refractivity (Wildman–Crippen MR) is 179 cm³/mol. The zero-order valence-corrected chi connectivity index (χ0v) is 28.0. The van der Waals surface area contributed by atoms with E-state index in [9.17, 15) is 13.2 Å². The van der Waals surface area contributed by atoms with Crippen LogP contribution in [0.1, 0.15) is 26.3 Å². The average molecular weight is 679 g/mol. The molecule has 2 aromatic heterocycles. The van der Waals surface area contributed by atoms with Crippen LogP contribution in [0.4, 0.5) is 22.4 Å². The summed E-state index contributed by atoms with van der Waals surface area (Å²) in [5, 5.41) is 2.53. The Bertz CT molecular complexity index is 1810. The molecule has 1 amide bonds. The SMILES string of the molecule is COc1ccccc1Oc1c(NS(=O)(=O)c2ccccc2C(C)(C)C)nc(N2CCOCC2)nc1OCCOC(=O)Nc1ccccn1. The minimum atomic E-state index is -4.22. The Labute approximate surface area is 279 Å². The van der Waals surface area contributed by atoms with Gasteiger partial charge < -0.3 is 28.6 Å². The maximum Gasteiger partial charge on any atom is 0.412 e. The molecule has 254 valence electrons. The lowest BCUT2D eigenvalue weighted by Crippen LogP contribution is -2.37. The number of benzene rings is 2. The summed E-state index contributed by atoms with van der Waals surface area (Å²) in [4.78, 5) is 27.5. The number of pyridine rings is 1. The minimum absolute atomic E-state index is 0.0852. The third kappa shape index (κ3) is 8.60. The number of nitrogens with zero attached hydrogens (tertiary/aromatic N) is 4. The van der Waals surface area contributed by atoms with Crippen molar-refractivity contribution in [1.82, 2.24) is 15.0 Å². The standard InChI is InChI=1S/C33H38N6O8S/c1-33(2,3)23-11-5-8-14-26(23)48(41,42)38-29-28(47-25-13-7-6-12-24(25)43-4)30(37-31(36-29)39-17-19-44-20-18-39)45-21-22-46-32(40)35-27-15-9-10-16-34-27/h5-16H,17-22H2,1-4H3,(H,34,35,40)(H,36,37,38). The van der Waals surface area contributed by atoms with Crippen LogP contribution >= 0.6 is 0 Å². The van der Waals surface area contributed by atoms with Gasteiger partial charge in [-0.2, -0.15) is 9.97 Å². The predicted octanol–water partition coefficient (Wildman–Crippen LogP) is 5.23. The van der Waals surface area contributed by atoms with Gasteiger partial charge in [0, 0.05) is 19.3 Å². The molecule has 0 aliphatic carbocycles. The van der Waals surface area contributed by atoms with Crippen LogP contribution in [0.25, 0.3) is 0 Å². The number of sulfonamides is 1. The van der Waals surface area contributed by atoms with Gasteiger partial charge >= 0.3 is 6.09 Å². The molecule has 0 unspecified atom stereocenters. The molecule has 1 aliphatic heterocycles. The molecule has 1 aliphatic rings. The van der Waals surface area contributed by atoms with E-state index in [4.69, 9.17) is 23.7 Å². The number of aromatic nitrogens is 3. The van der Waals surface area contributed by atoms with Crippen LogP contribution in [0, 0.1) is 0 Å². The van der Waals surface area contributed by atoms with E-state index in [1.807, 2.05) is 25.7 Å². The Balaban J connectivity index is 1.52. The molecule has 1 saturated heterocycles. The van der Waals surface area contributed by atoms with Crippen LogP contribution in [0.2, 0.25) is 0 Å². The zero-order valence-electron chi connectivity index (χ0n) is 27.1.